The maximum Gasteiger partial charge on any atom is 0.0458 e. The fraction of sp³-hybridized carbons (Fsp3) is 0.222. The van der Waals surface area contributed by atoms with E-state index in [1.54, 1.807) is 24.3 Å². The van der Waals surface area contributed by atoms with Gasteiger partial charge in [-0.3, -0.25) is 0 Å². The van der Waals surface area contributed by atoms with Gasteiger partial charge in [0.25, 0.3) is 0 Å². The van der Waals surface area contributed by atoms with Crippen LogP contribution in [0.2, 0.25) is 0 Å². The summed E-state index contributed by atoms with van der Waals surface area (Å²) in [6, 6.07) is 10.9. The minimum Gasteiger partial charge on any atom is -0.550 e. The van der Waals surface area contributed by atoms with Crippen LogP contribution in [0.15, 0.2) is 46.2 Å². The van der Waals surface area contributed by atoms with E-state index in [4.69, 9.17) is 0 Å². The van der Waals surface area contributed by atoms with E-state index in [0.29, 0.717) is 11.1 Å². The van der Waals surface area contributed by atoms with Gasteiger partial charge in [-0.25, -0.2) is 0 Å². The maximum absolute atomic E-state index is 11.0. The molecule has 23 heavy (non-hydrogen) atoms. The molecule has 2 rings (SSSR count). The minimum absolute atomic E-state index is 0.175. The number of carboxylic acids is 2. The van der Waals surface area contributed by atoms with Gasteiger partial charge in [0.1, 0.15) is 0 Å². The Balaban J connectivity index is 2.47. The highest BCUT2D eigenvalue weighted by Crippen LogP contribution is 2.37. The molecule has 0 saturated heterocycles. The van der Waals surface area contributed by atoms with E-state index in [1.165, 1.54) is 11.8 Å². The van der Waals surface area contributed by atoms with Crippen LogP contribution in [0.5, 0.6) is 0 Å². The lowest BCUT2D eigenvalue weighted by molar-refractivity contribution is -0.306. The lowest BCUT2D eigenvalue weighted by Crippen LogP contribution is -2.25. The van der Waals surface area contributed by atoms with Gasteiger partial charge in [-0.05, 0) is 36.1 Å². The van der Waals surface area contributed by atoms with Gasteiger partial charge in [0, 0.05) is 34.6 Å². The second-order valence-electron chi connectivity index (χ2n) is 5.33. The first-order chi connectivity index (χ1) is 10.9. The molecule has 0 atom stereocenters. The average Bonchev–Trinajstić information content (AvgIpc) is 2.44. The molecule has 0 heterocycles. The van der Waals surface area contributed by atoms with Crippen LogP contribution >= 0.6 is 11.8 Å². The van der Waals surface area contributed by atoms with E-state index in [0.717, 1.165) is 20.9 Å². The van der Waals surface area contributed by atoms with Crippen molar-refractivity contribution in [3.63, 3.8) is 0 Å². The monoisotopic (exact) mass is 328 g/mol. The standard InChI is InChI=1S/C18H18O4S/c1-11-5-3-7-13(9-15(19)20)17(11)23-18-12(2)6-4-8-14(18)10-16(21)22/h3-8H,9-10H2,1-2H3,(H,19,20)(H,21,22)/p-2. The van der Waals surface area contributed by atoms with Gasteiger partial charge in [-0.1, -0.05) is 48.2 Å². The molecule has 0 N–H and O–H groups in total. The number of carboxylic acid groups (broad SMARTS) is 2. The van der Waals surface area contributed by atoms with Crippen molar-refractivity contribution in [1.82, 2.24) is 0 Å². The zero-order valence-electron chi connectivity index (χ0n) is 12.9. The molecule has 120 valence electrons. The van der Waals surface area contributed by atoms with Crippen LogP contribution in [0.4, 0.5) is 0 Å². The third-order valence-electron chi connectivity index (χ3n) is 3.46. The summed E-state index contributed by atoms with van der Waals surface area (Å²) >= 11 is 1.40. The lowest BCUT2D eigenvalue weighted by atomic mass is 10.1. The van der Waals surface area contributed by atoms with Crippen LogP contribution in [-0.4, -0.2) is 11.9 Å². The molecule has 0 unspecified atom stereocenters. The first-order valence-electron chi connectivity index (χ1n) is 7.13. The Bertz CT molecular complexity index is 689. The van der Waals surface area contributed by atoms with Crippen molar-refractivity contribution in [2.24, 2.45) is 0 Å². The Kier molecular flexibility index (Phi) is 5.45. The summed E-state index contributed by atoms with van der Waals surface area (Å²) in [6.07, 6.45) is -0.350. The number of hydrogen-bond acceptors (Lipinski definition) is 5. The molecule has 2 aromatic rings. The number of aliphatic carboxylic acids is 2. The van der Waals surface area contributed by atoms with Gasteiger partial charge >= 0.3 is 0 Å². The predicted molar refractivity (Wildman–Crippen MR) is 83.9 cm³/mol. The highest BCUT2D eigenvalue weighted by atomic mass is 32.2. The topological polar surface area (TPSA) is 80.3 Å². The summed E-state index contributed by atoms with van der Waals surface area (Å²) in [5.41, 5.74) is 3.21. The molecule has 0 spiro atoms. The Morgan fingerprint density at radius 2 is 1.22 bits per heavy atom. The summed E-state index contributed by atoms with van der Waals surface area (Å²) < 4.78 is 0. The van der Waals surface area contributed by atoms with E-state index in [-0.39, 0.29) is 12.8 Å². The number of aryl methyl sites for hydroxylation is 2. The fourth-order valence-corrected chi connectivity index (χ4v) is 3.61. The predicted octanol–water partition coefficient (Wildman–Crippen LogP) is 1.04. The highest BCUT2D eigenvalue weighted by molar-refractivity contribution is 7.99. The average molecular weight is 328 g/mol. The number of rotatable bonds is 6. The first kappa shape index (κ1) is 17.1. The second kappa shape index (κ2) is 7.33. The molecule has 2 aromatic carbocycles. The number of hydrogen-bond donors (Lipinski definition) is 0. The van der Waals surface area contributed by atoms with Crippen LogP contribution in [-0.2, 0) is 22.4 Å². The minimum atomic E-state index is -1.14. The van der Waals surface area contributed by atoms with Crippen molar-refractivity contribution in [3.05, 3.63) is 58.7 Å². The number of carbonyl (C=O) groups excluding carboxylic acids is 2. The second-order valence-corrected chi connectivity index (χ2v) is 6.35. The van der Waals surface area contributed by atoms with E-state index in [1.807, 2.05) is 26.0 Å². The van der Waals surface area contributed by atoms with Crippen molar-refractivity contribution in [2.45, 2.75) is 36.5 Å². The molecule has 0 aliphatic rings. The van der Waals surface area contributed by atoms with Crippen molar-refractivity contribution in [1.29, 1.82) is 0 Å². The molecule has 5 heteroatoms. The Morgan fingerprint density at radius 1 is 0.826 bits per heavy atom. The molecule has 0 radical (unpaired) electrons. The highest BCUT2D eigenvalue weighted by Gasteiger charge is 2.13. The lowest BCUT2D eigenvalue weighted by Gasteiger charge is -2.17. The van der Waals surface area contributed by atoms with Crippen LogP contribution in [0.25, 0.3) is 0 Å². The zero-order chi connectivity index (χ0) is 17.0. The molecular formula is C18H16O4S-2. The first-order valence-corrected chi connectivity index (χ1v) is 7.94. The van der Waals surface area contributed by atoms with Gasteiger partial charge < -0.3 is 19.8 Å². The summed E-state index contributed by atoms with van der Waals surface area (Å²) in [7, 11) is 0. The van der Waals surface area contributed by atoms with Gasteiger partial charge in [-0.2, -0.15) is 0 Å². The molecule has 0 saturated carbocycles. The van der Waals surface area contributed by atoms with E-state index in [9.17, 15) is 19.8 Å². The summed E-state index contributed by atoms with van der Waals surface area (Å²) in [6.45, 7) is 3.80. The molecular weight excluding hydrogens is 312 g/mol. The Hall–Kier alpha value is -2.27. The summed E-state index contributed by atoms with van der Waals surface area (Å²) in [5.74, 6) is -2.28. The van der Waals surface area contributed by atoms with Gasteiger partial charge in [0.05, 0.1) is 0 Å². The van der Waals surface area contributed by atoms with E-state index >= 15 is 0 Å². The van der Waals surface area contributed by atoms with E-state index < -0.39 is 11.9 Å². The molecule has 0 aromatic heterocycles. The summed E-state index contributed by atoms with van der Waals surface area (Å²) in [4.78, 5) is 23.6. The van der Waals surface area contributed by atoms with Crippen molar-refractivity contribution >= 4 is 23.7 Å². The third kappa shape index (κ3) is 4.36. The van der Waals surface area contributed by atoms with Gasteiger partial charge in [0.15, 0.2) is 0 Å². The molecule has 0 aliphatic carbocycles. The van der Waals surface area contributed by atoms with Crippen molar-refractivity contribution < 1.29 is 19.8 Å². The smallest absolute Gasteiger partial charge is 0.0458 e. The van der Waals surface area contributed by atoms with Crippen molar-refractivity contribution in [3.8, 4) is 0 Å². The largest absolute Gasteiger partial charge is 0.550 e. The SMILES string of the molecule is Cc1cccc(CC(=O)[O-])c1Sc1c(C)cccc1CC(=O)[O-]. The maximum atomic E-state index is 11.0. The fourth-order valence-electron chi connectivity index (χ4n) is 2.41. The van der Waals surface area contributed by atoms with Crippen molar-refractivity contribution in [2.75, 3.05) is 0 Å². The number of carbonyl (C=O) groups is 2. The molecule has 0 bridgehead atoms. The Labute approximate surface area is 139 Å². The third-order valence-corrected chi connectivity index (χ3v) is 5.04. The normalized spacial score (nSPS) is 10.5. The van der Waals surface area contributed by atoms with Gasteiger partial charge in [-0.15, -0.1) is 0 Å². The van der Waals surface area contributed by atoms with Crippen LogP contribution < -0.4 is 10.2 Å². The molecule has 0 fully saturated rings. The quantitative estimate of drug-likeness (QED) is 0.791. The summed E-state index contributed by atoms with van der Waals surface area (Å²) in [5, 5.41) is 21.9. The number of benzene rings is 2. The van der Waals surface area contributed by atoms with E-state index in [2.05, 4.69) is 0 Å². The molecule has 0 aliphatic heterocycles. The van der Waals surface area contributed by atoms with Crippen LogP contribution in [0.1, 0.15) is 22.3 Å². The van der Waals surface area contributed by atoms with Crippen LogP contribution in [0.3, 0.4) is 0 Å². The molecule has 0 amide bonds. The van der Waals surface area contributed by atoms with Gasteiger partial charge in [0.2, 0.25) is 0 Å². The van der Waals surface area contributed by atoms with Crippen LogP contribution in [0, 0.1) is 13.8 Å². The Morgan fingerprint density at radius 3 is 1.57 bits per heavy atom. The zero-order valence-corrected chi connectivity index (χ0v) is 13.7. The molecule has 4 nitrogen and oxygen atoms in total.